The van der Waals surface area contributed by atoms with Gasteiger partial charge in [-0.2, -0.15) is 0 Å². The van der Waals surface area contributed by atoms with Crippen LogP contribution in [0.5, 0.6) is 0 Å². The molecular formula is C16H22ClFN2O. The molecule has 0 bridgehead atoms. The maximum Gasteiger partial charge on any atom is 0.223 e. The summed E-state index contributed by atoms with van der Waals surface area (Å²) in [6.45, 7) is 2.19. The first kappa shape index (κ1) is 16.2. The number of rotatable bonds is 7. The average molecular weight is 313 g/mol. The van der Waals surface area contributed by atoms with E-state index in [9.17, 15) is 9.18 Å². The van der Waals surface area contributed by atoms with Crippen LogP contribution in [0.3, 0.4) is 0 Å². The van der Waals surface area contributed by atoms with Crippen molar-refractivity contribution in [3.8, 4) is 0 Å². The fourth-order valence-corrected chi connectivity index (χ4v) is 2.60. The lowest BCUT2D eigenvalue weighted by Crippen LogP contribution is -2.33. The van der Waals surface area contributed by atoms with Gasteiger partial charge in [0.05, 0.1) is 6.54 Å². The molecule has 1 unspecified atom stereocenters. The number of amides is 1. The Morgan fingerprint density at radius 2 is 2.24 bits per heavy atom. The van der Waals surface area contributed by atoms with Gasteiger partial charge in [0.15, 0.2) is 0 Å². The van der Waals surface area contributed by atoms with Crippen LogP contribution in [0, 0.1) is 5.82 Å². The lowest BCUT2D eigenvalue weighted by Gasteiger charge is -2.23. The van der Waals surface area contributed by atoms with Gasteiger partial charge in [0.1, 0.15) is 5.82 Å². The largest absolute Gasteiger partial charge is 0.335 e. The highest BCUT2D eigenvalue weighted by atomic mass is 35.5. The molecule has 0 saturated heterocycles. The number of hydrogen-bond donors (Lipinski definition) is 1. The van der Waals surface area contributed by atoms with Gasteiger partial charge in [-0.3, -0.25) is 4.79 Å². The minimum atomic E-state index is -0.350. The van der Waals surface area contributed by atoms with Gasteiger partial charge >= 0.3 is 0 Å². The highest BCUT2D eigenvalue weighted by Gasteiger charge is 2.33. The van der Waals surface area contributed by atoms with Crippen LogP contribution in [0.4, 0.5) is 4.39 Å². The van der Waals surface area contributed by atoms with Gasteiger partial charge in [0, 0.05) is 29.1 Å². The van der Waals surface area contributed by atoms with Gasteiger partial charge in [-0.15, -0.1) is 0 Å². The fraction of sp³-hybridized carbons (Fsp3) is 0.562. The molecule has 116 valence electrons. The Kier molecular flexibility index (Phi) is 5.59. The van der Waals surface area contributed by atoms with E-state index in [2.05, 4.69) is 0 Å². The smallest absolute Gasteiger partial charge is 0.223 e. The molecule has 1 atom stereocenters. The van der Waals surface area contributed by atoms with E-state index in [1.165, 1.54) is 6.07 Å². The molecule has 1 aliphatic rings. The predicted octanol–water partition coefficient (Wildman–Crippen LogP) is 3.49. The van der Waals surface area contributed by atoms with Crippen LogP contribution in [0.2, 0.25) is 5.02 Å². The van der Waals surface area contributed by atoms with Crippen LogP contribution in [0.1, 0.15) is 44.6 Å². The summed E-state index contributed by atoms with van der Waals surface area (Å²) in [6.07, 6.45) is 4.04. The lowest BCUT2D eigenvalue weighted by molar-refractivity contribution is -0.132. The van der Waals surface area contributed by atoms with Gasteiger partial charge in [-0.05, 0) is 44.7 Å². The molecule has 1 aromatic rings. The van der Waals surface area contributed by atoms with E-state index in [1.54, 1.807) is 17.0 Å². The van der Waals surface area contributed by atoms with E-state index in [0.29, 0.717) is 17.0 Å². The molecule has 1 saturated carbocycles. The molecule has 0 aromatic heterocycles. The minimum absolute atomic E-state index is 0.0671. The molecule has 0 heterocycles. The first-order valence-corrected chi connectivity index (χ1v) is 7.84. The molecule has 0 radical (unpaired) electrons. The van der Waals surface area contributed by atoms with Crippen LogP contribution < -0.4 is 5.73 Å². The summed E-state index contributed by atoms with van der Waals surface area (Å²) in [5.41, 5.74) is 6.11. The summed E-state index contributed by atoms with van der Waals surface area (Å²) in [5.74, 6) is -0.283. The van der Waals surface area contributed by atoms with Crippen molar-refractivity contribution in [1.29, 1.82) is 0 Å². The quantitative estimate of drug-likeness (QED) is 0.837. The van der Waals surface area contributed by atoms with Gasteiger partial charge < -0.3 is 10.6 Å². The second-order valence-corrected chi connectivity index (χ2v) is 6.23. The zero-order valence-electron chi connectivity index (χ0n) is 12.3. The number of carbonyl (C=O) groups excluding carboxylic acids is 1. The van der Waals surface area contributed by atoms with Crippen LogP contribution >= 0.6 is 11.6 Å². The molecule has 1 aromatic carbocycles. The summed E-state index contributed by atoms with van der Waals surface area (Å²) in [7, 11) is 0. The Morgan fingerprint density at radius 3 is 2.81 bits per heavy atom. The van der Waals surface area contributed by atoms with Crippen LogP contribution in [0.25, 0.3) is 0 Å². The Labute approximate surface area is 130 Å². The standard InChI is InChI=1S/C16H22ClFN2O/c1-11(19)4-2-7-16(21)20(12-8-9-12)10-13-14(17)5-3-6-15(13)18/h3,5-6,11-12H,2,4,7-10,19H2,1H3. The lowest BCUT2D eigenvalue weighted by atomic mass is 10.1. The van der Waals surface area contributed by atoms with E-state index in [1.807, 2.05) is 6.92 Å². The van der Waals surface area contributed by atoms with Crippen molar-refractivity contribution in [2.24, 2.45) is 5.73 Å². The first-order chi connectivity index (χ1) is 9.99. The van der Waals surface area contributed by atoms with Gasteiger partial charge in [0.2, 0.25) is 5.91 Å². The molecular weight excluding hydrogens is 291 g/mol. The summed E-state index contributed by atoms with van der Waals surface area (Å²) < 4.78 is 13.9. The molecule has 0 spiro atoms. The number of carbonyl (C=O) groups is 1. The third kappa shape index (κ3) is 4.68. The van der Waals surface area contributed by atoms with Gasteiger partial charge in [-0.25, -0.2) is 4.39 Å². The molecule has 1 aliphatic carbocycles. The SMILES string of the molecule is CC(N)CCCC(=O)N(Cc1c(F)cccc1Cl)C1CC1. The van der Waals surface area contributed by atoms with Crippen molar-refractivity contribution in [3.05, 3.63) is 34.6 Å². The zero-order chi connectivity index (χ0) is 15.4. The maximum atomic E-state index is 13.9. The number of nitrogens with two attached hydrogens (primary N) is 1. The second-order valence-electron chi connectivity index (χ2n) is 5.82. The van der Waals surface area contributed by atoms with E-state index in [0.717, 1.165) is 25.7 Å². The molecule has 2 N–H and O–H groups in total. The summed E-state index contributed by atoms with van der Waals surface area (Å²) >= 11 is 6.05. The van der Waals surface area contributed by atoms with Crippen LogP contribution in [-0.2, 0) is 11.3 Å². The Hall–Kier alpha value is -1.13. The minimum Gasteiger partial charge on any atom is -0.335 e. The normalized spacial score (nSPS) is 15.8. The van der Waals surface area contributed by atoms with Crippen LogP contribution in [0.15, 0.2) is 18.2 Å². The average Bonchev–Trinajstić information content (AvgIpc) is 3.22. The topological polar surface area (TPSA) is 46.3 Å². The Balaban J connectivity index is 2.01. The van der Waals surface area contributed by atoms with Gasteiger partial charge in [-0.1, -0.05) is 17.7 Å². The van der Waals surface area contributed by atoms with E-state index >= 15 is 0 Å². The summed E-state index contributed by atoms with van der Waals surface area (Å²) in [4.78, 5) is 14.1. The summed E-state index contributed by atoms with van der Waals surface area (Å²) in [5, 5.41) is 0.379. The number of hydrogen-bond acceptors (Lipinski definition) is 2. The zero-order valence-corrected chi connectivity index (χ0v) is 13.1. The predicted molar refractivity (Wildman–Crippen MR) is 82.5 cm³/mol. The van der Waals surface area contributed by atoms with E-state index in [-0.39, 0.29) is 30.4 Å². The monoisotopic (exact) mass is 312 g/mol. The number of benzene rings is 1. The number of halogens is 2. The third-order valence-corrected chi connectivity index (χ3v) is 4.10. The van der Waals surface area contributed by atoms with Crippen molar-refractivity contribution in [2.45, 2.75) is 57.7 Å². The van der Waals surface area contributed by atoms with Crippen molar-refractivity contribution in [1.82, 2.24) is 4.90 Å². The van der Waals surface area contributed by atoms with Crippen molar-refractivity contribution in [3.63, 3.8) is 0 Å². The van der Waals surface area contributed by atoms with Crippen molar-refractivity contribution >= 4 is 17.5 Å². The summed E-state index contributed by atoms with van der Waals surface area (Å²) in [6, 6.07) is 4.96. The number of nitrogens with zero attached hydrogens (tertiary/aromatic N) is 1. The molecule has 3 nitrogen and oxygen atoms in total. The molecule has 5 heteroatoms. The Morgan fingerprint density at radius 1 is 1.52 bits per heavy atom. The Bertz CT molecular complexity index is 483. The highest BCUT2D eigenvalue weighted by Crippen LogP contribution is 2.31. The molecule has 0 aliphatic heterocycles. The van der Waals surface area contributed by atoms with Gasteiger partial charge in [0.25, 0.3) is 0 Å². The van der Waals surface area contributed by atoms with E-state index in [4.69, 9.17) is 17.3 Å². The molecule has 2 rings (SSSR count). The third-order valence-electron chi connectivity index (χ3n) is 3.75. The van der Waals surface area contributed by atoms with Crippen LogP contribution in [-0.4, -0.2) is 22.9 Å². The van der Waals surface area contributed by atoms with E-state index < -0.39 is 0 Å². The molecule has 21 heavy (non-hydrogen) atoms. The van der Waals surface area contributed by atoms with Crippen molar-refractivity contribution < 1.29 is 9.18 Å². The second kappa shape index (κ2) is 7.23. The first-order valence-electron chi connectivity index (χ1n) is 7.47. The van der Waals surface area contributed by atoms with Crippen molar-refractivity contribution in [2.75, 3.05) is 0 Å². The molecule has 1 amide bonds. The molecule has 1 fully saturated rings. The maximum absolute atomic E-state index is 13.9. The highest BCUT2D eigenvalue weighted by molar-refractivity contribution is 6.31. The fourth-order valence-electron chi connectivity index (χ4n) is 2.38.